The molecular weight excluding hydrogens is 300 g/mol. The highest BCUT2D eigenvalue weighted by atomic mass is 16.6. The van der Waals surface area contributed by atoms with E-state index >= 15 is 0 Å². The number of quaternary nitrogens is 2. The van der Waals surface area contributed by atoms with Crippen LogP contribution in [0.3, 0.4) is 0 Å². The minimum Gasteiger partial charge on any atom is -0.384 e. The molecule has 23 heavy (non-hydrogen) atoms. The third-order valence-corrected chi connectivity index (χ3v) is 3.38. The van der Waals surface area contributed by atoms with Crippen LogP contribution in [0, 0.1) is 0 Å². The van der Waals surface area contributed by atoms with Crippen molar-refractivity contribution in [1.82, 2.24) is 0 Å². The van der Waals surface area contributed by atoms with Crippen molar-refractivity contribution in [2.45, 2.75) is 38.5 Å². The summed E-state index contributed by atoms with van der Waals surface area (Å²) >= 11 is 0. The van der Waals surface area contributed by atoms with Crippen LogP contribution >= 0.6 is 0 Å². The standard InChI is InChI=1S/C16H38N2O5/c1-13(19)15(17(3,4)5)22-11-9-21-10-12-23-16(14(2)20)18(6,7)8/h13-16,19-20H,9-12H2,1-8H3/q+2. The number of likely N-dealkylation sites (N-methyl/N-ethyl adjacent to an activating group) is 2. The zero-order chi connectivity index (χ0) is 18.3. The molecule has 0 aliphatic heterocycles. The van der Waals surface area contributed by atoms with Crippen molar-refractivity contribution in [2.24, 2.45) is 0 Å². The van der Waals surface area contributed by atoms with Crippen molar-refractivity contribution < 1.29 is 33.4 Å². The lowest BCUT2D eigenvalue weighted by molar-refractivity contribution is -0.923. The summed E-state index contributed by atoms with van der Waals surface area (Å²) in [6.07, 6.45) is -1.66. The average Bonchev–Trinajstić information content (AvgIpc) is 2.32. The number of aliphatic hydroxyl groups is 2. The summed E-state index contributed by atoms with van der Waals surface area (Å²) in [5.74, 6) is 0. The van der Waals surface area contributed by atoms with Crippen LogP contribution in [0.25, 0.3) is 0 Å². The first-order valence-corrected chi connectivity index (χ1v) is 8.16. The van der Waals surface area contributed by atoms with Gasteiger partial charge in [-0.3, -0.25) is 0 Å². The molecule has 0 fully saturated rings. The van der Waals surface area contributed by atoms with Crippen molar-refractivity contribution in [2.75, 3.05) is 68.7 Å². The molecule has 0 rings (SSSR count). The molecule has 0 heterocycles. The maximum absolute atomic E-state index is 9.75. The van der Waals surface area contributed by atoms with Gasteiger partial charge in [0, 0.05) is 0 Å². The number of nitrogens with zero attached hydrogens (tertiary/aromatic N) is 2. The van der Waals surface area contributed by atoms with Gasteiger partial charge in [-0.05, 0) is 13.8 Å². The smallest absolute Gasteiger partial charge is 0.218 e. The van der Waals surface area contributed by atoms with Crippen LogP contribution < -0.4 is 0 Å². The Morgan fingerprint density at radius 2 is 0.957 bits per heavy atom. The van der Waals surface area contributed by atoms with Crippen LogP contribution in [-0.4, -0.2) is 113 Å². The quantitative estimate of drug-likeness (QED) is 0.295. The summed E-state index contributed by atoms with van der Waals surface area (Å²) in [6.45, 7) is 5.17. The molecule has 140 valence electrons. The third-order valence-electron chi connectivity index (χ3n) is 3.38. The second-order valence-corrected chi connectivity index (χ2v) is 7.85. The Kier molecular flexibility index (Phi) is 9.76. The van der Waals surface area contributed by atoms with Gasteiger partial charge in [-0.25, -0.2) is 0 Å². The van der Waals surface area contributed by atoms with Crippen molar-refractivity contribution in [3.63, 3.8) is 0 Å². The fourth-order valence-electron chi connectivity index (χ4n) is 2.58. The Morgan fingerprint density at radius 1 is 0.652 bits per heavy atom. The molecule has 0 bridgehead atoms. The number of hydrogen-bond donors (Lipinski definition) is 2. The number of aliphatic hydroxyl groups excluding tert-OH is 2. The Labute approximate surface area is 141 Å². The van der Waals surface area contributed by atoms with Gasteiger partial charge in [0.25, 0.3) is 0 Å². The molecule has 0 aliphatic carbocycles. The Hall–Kier alpha value is -0.280. The first kappa shape index (κ1) is 22.7. The van der Waals surface area contributed by atoms with Crippen LogP contribution in [0.15, 0.2) is 0 Å². The monoisotopic (exact) mass is 338 g/mol. The molecule has 7 heteroatoms. The first-order valence-electron chi connectivity index (χ1n) is 8.16. The van der Waals surface area contributed by atoms with E-state index in [4.69, 9.17) is 14.2 Å². The Bertz CT molecular complexity index is 281. The lowest BCUT2D eigenvalue weighted by Crippen LogP contribution is -2.53. The maximum Gasteiger partial charge on any atom is 0.218 e. The highest BCUT2D eigenvalue weighted by Crippen LogP contribution is 2.10. The lowest BCUT2D eigenvalue weighted by Gasteiger charge is -2.35. The van der Waals surface area contributed by atoms with E-state index in [0.717, 1.165) is 0 Å². The van der Waals surface area contributed by atoms with Gasteiger partial charge in [0.2, 0.25) is 12.5 Å². The predicted molar refractivity (Wildman–Crippen MR) is 89.7 cm³/mol. The molecule has 0 saturated heterocycles. The molecule has 4 atom stereocenters. The topological polar surface area (TPSA) is 68.2 Å². The van der Waals surface area contributed by atoms with Gasteiger partial charge in [0.05, 0.1) is 68.7 Å². The lowest BCUT2D eigenvalue weighted by atomic mass is 10.3. The van der Waals surface area contributed by atoms with E-state index in [0.29, 0.717) is 35.4 Å². The number of rotatable bonds is 12. The summed E-state index contributed by atoms with van der Waals surface area (Å²) in [7, 11) is 11.9. The summed E-state index contributed by atoms with van der Waals surface area (Å²) in [4.78, 5) is 0. The minimum absolute atomic E-state index is 0.285. The zero-order valence-electron chi connectivity index (χ0n) is 16.2. The van der Waals surface area contributed by atoms with Gasteiger partial charge >= 0.3 is 0 Å². The highest BCUT2D eigenvalue weighted by molar-refractivity contribution is 4.54. The van der Waals surface area contributed by atoms with Crippen molar-refractivity contribution in [3.8, 4) is 0 Å². The van der Waals surface area contributed by atoms with Crippen LogP contribution in [0.4, 0.5) is 0 Å². The van der Waals surface area contributed by atoms with Crippen LogP contribution in [-0.2, 0) is 14.2 Å². The highest BCUT2D eigenvalue weighted by Gasteiger charge is 2.30. The summed E-state index contributed by atoms with van der Waals surface area (Å²) in [5, 5.41) is 19.5. The summed E-state index contributed by atoms with van der Waals surface area (Å²) < 4.78 is 18.0. The van der Waals surface area contributed by atoms with Gasteiger partial charge < -0.3 is 33.4 Å². The molecule has 0 spiro atoms. The molecule has 0 aromatic heterocycles. The number of hydrogen-bond acceptors (Lipinski definition) is 5. The average molecular weight is 338 g/mol. The second-order valence-electron chi connectivity index (χ2n) is 7.85. The van der Waals surface area contributed by atoms with E-state index < -0.39 is 12.2 Å². The largest absolute Gasteiger partial charge is 0.384 e. The van der Waals surface area contributed by atoms with Crippen molar-refractivity contribution >= 4 is 0 Å². The van der Waals surface area contributed by atoms with Gasteiger partial charge in [0.15, 0.2) is 0 Å². The van der Waals surface area contributed by atoms with Gasteiger partial charge in [-0.15, -0.1) is 0 Å². The first-order chi connectivity index (χ1) is 10.4. The molecule has 4 unspecified atom stereocenters. The third kappa shape index (κ3) is 9.56. The van der Waals surface area contributed by atoms with E-state index in [1.54, 1.807) is 13.8 Å². The SMILES string of the molecule is CC(O)C(OCCOCCOC(C(C)O)[N+](C)(C)C)[N+](C)(C)C. The van der Waals surface area contributed by atoms with Crippen LogP contribution in [0.1, 0.15) is 13.8 Å². The molecule has 0 aromatic rings. The molecule has 0 amide bonds. The fraction of sp³-hybridized carbons (Fsp3) is 1.00. The molecule has 0 aromatic carbocycles. The molecule has 0 aliphatic rings. The van der Waals surface area contributed by atoms with E-state index in [-0.39, 0.29) is 12.5 Å². The van der Waals surface area contributed by atoms with E-state index in [9.17, 15) is 10.2 Å². The Morgan fingerprint density at radius 3 is 1.17 bits per heavy atom. The fourth-order valence-corrected chi connectivity index (χ4v) is 2.58. The minimum atomic E-state index is -0.547. The normalized spacial score (nSPS) is 18.5. The van der Waals surface area contributed by atoms with Crippen LogP contribution in [0.5, 0.6) is 0 Å². The van der Waals surface area contributed by atoms with Crippen molar-refractivity contribution in [3.05, 3.63) is 0 Å². The van der Waals surface area contributed by atoms with Gasteiger partial charge in [0.1, 0.15) is 12.2 Å². The summed E-state index contributed by atoms with van der Waals surface area (Å²) in [6, 6.07) is 0. The molecule has 7 nitrogen and oxygen atoms in total. The van der Waals surface area contributed by atoms with Crippen LogP contribution in [0.2, 0.25) is 0 Å². The second kappa shape index (κ2) is 9.88. The predicted octanol–water partition coefficient (Wildman–Crippen LogP) is -0.138. The molecular formula is C16H38N2O5+2. The van der Waals surface area contributed by atoms with E-state index in [1.165, 1.54) is 0 Å². The van der Waals surface area contributed by atoms with Gasteiger partial charge in [-0.1, -0.05) is 0 Å². The van der Waals surface area contributed by atoms with Gasteiger partial charge in [-0.2, -0.15) is 0 Å². The Balaban J connectivity index is 3.93. The maximum atomic E-state index is 9.75. The molecule has 2 N–H and O–H groups in total. The van der Waals surface area contributed by atoms with Crippen molar-refractivity contribution in [1.29, 1.82) is 0 Å². The van der Waals surface area contributed by atoms with E-state index in [1.807, 2.05) is 42.3 Å². The number of ether oxygens (including phenoxy) is 3. The summed E-state index contributed by atoms with van der Waals surface area (Å²) in [5.41, 5.74) is 0. The molecule has 0 saturated carbocycles. The zero-order valence-corrected chi connectivity index (χ0v) is 16.2. The molecule has 0 radical (unpaired) electrons. The van der Waals surface area contributed by atoms with E-state index in [2.05, 4.69) is 0 Å².